The van der Waals surface area contributed by atoms with Crippen molar-refractivity contribution in [1.82, 2.24) is 25.6 Å². The van der Waals surface area contributed by atoms with Gasteiger partial charge in [0.1, 0.15) is 18.1 Å². The average Bonchev–Trinajstić information content (AvgIpc) is 2.62. The van der Waals surface area contributed by atoms with Crippen LogP contribution in [0.1, 0.15) is 40.0 Å². The van der Waals surface area contributed by atoms with Gasteiger partial charge in [-0.2, -0.15) is 15.0 Å². The Bertz CT molecular complexity index is 760. The highest BCUT2D eigenvalue weighted by Gasteiger charge is 2.29. The summed E-state index contributed by atoms with van der Waals surface area (Å²) >= 11 is 5.94. The molecular formula is C17H27ClN8O3. The molecule has 3 atom stereocenters. The van der Waals surface area contributed by atoms with Crippen molar-refractivity contribution in [1.29, 1.82) is 0 Å². The molecule has 2 heterocycles. The molecule has 0 aromatic carbocycles. The molecule has 0 fully saturated rings. The van der Waals surface area contributed by atoms with Gasteiger partial charge in [0.15, 0.2) is 0 Å². The van der Waals surface area contributed by atoms with Crippen LogP contribution in [0.2, 0.25) is 5.28 Å². The molecule has 29 heavy (non-hydrogen) atoms. The van der Waals surface area contributed by atoms with Gasteiger partial charge in [-0.3, -0.25) is 14.4 Å². The van der Waals surface area contributed by atoms with E-state index in [4.69, 9.17) is 17.3 Å². The maximum Gasteiger partial charge on any atom is 0.243 e. The number of amides is 3. The smallest absolute Gasteiger partial charge is 0.243 e. The summed E-state index contributed by atoms with van der Waals surface area (Å²) in [4.78, 5) is 49.2. The normalized spacial score (nSPS) is 24.1. The van der Waals surface area contributed by atoms with Crippen LogP contribution >= 0.6 is 11.6 Å². The molecule has 1 aliphatic heterocycles. The van der Waals surface area contributed by atoms with Crippen molar-refractivity contribution >= 4 is 41.2 Å². The number of rotatable bonds is 2. The lowest BCUT2D eigenvalue weighted by Crippen LogP contribution is -2.56. The van der Waals surface area contributed by atoms with E-state index >= 15 is 0 Å². The molecule has 0 radical (unpaired) electrons. The standard InChI is InChI=1S/C17H27ClN8O3/c1-8(2)11-14(29)22-10(12(19)27)6-4-5-7-20-16-24-15(18)25-17(26-16)21-9(3)13(28)23-11/h8-11H,4-7H2,1-3H3,(H2,19,27)(H,22,29)(H,23,28)(H2,20,21,24,25,26)/t9-,10+,11-/m0/s1. The Morgan fingerprint density at radius 1 is 1.07 bits per heavy atom. The number of nitrogens with two attached hydrogens (primary N) is 1. The number of hydrogen-bond donors (Lipinski definition) is 5. The first-order valence-corrected chi connectivity index (χ1v) is 9.87. The molecule has 2 bridgehead atoms. The second-order valence-electron chi connectivity index (χ2n) is 7.23. The highest BCUT2D eigenvalue weighted by Crippen LogP contribution is 2.12. The van der Waals surface area contributed by atoms with Gasteiger partial charge >= 0.3 is 0 Å². The number of nitrogens with zero attached hydrogens (tertiary/aromatic N) is 3. The van der Waals surface area contributed by atoms with Crippen LogP contribution in [0, 0.1) is 5.92 Å². The zero-order valence-corrected chi connectivity index (χ0v) is 17.4. The molecule has 6 N–H and O–H groups in total. The minimum atomic E-state index is -0.833. The van der Waals surface area contributed by atoms with E-state index in [0.717, 1.165) is 0 Å². The summed E-state index contributed by atoms with van der Waals surface area (Å²) in [5.74, 6) is -1.31. The average molecular weight is 427 g/mol. The molecule has 0 unspecified atom stereocenters. The number of carbonyl (C=O) groups excluding carboxylic acids is 3. The third-order valence-electron chi connectivity index (χ3n) is 4.46. The number of anilines is 2. The van der Waals surface area contributed by atoms with Gasteiger partial charge in [0.25, 0.3) is 0 Å². The van der Waals surface area contributed by atoms with Crippen molar-refractivity contribution in [3.8, 4) is 0 Å². The molecule has 1 aliphatic rings. The van der Waals surface area contributed by atoms with Crippen LogP contribution in [0.25, 0.3) is 0 Å². The molecule has 0 saturated heterocycles. The van der Waals surface area contributed by atoms with E-state index in [1.165, 1.54) is 0 Å². The fourth-order valence-electron chi connectivity index (χ4n) is 2.79. The number of primary amides is 1. The molecule has 3 amide bonds. The van der Waals surface area contributed by atoms with Gasteiger partial charge in [0, 0.05) is 6.54 Å². The van der Waals surface area contributed by atoms with Gasteiger partial charge in [-0.25, -0.2) is 0 Å². The molecule has 12 heteroatoms. The number of aromatic nitrogens is 3. The second-order valence-corrected chi connectivity index (χ2v) is 7.57. The van der Waals surface area contributed by atoms with Crippen molar-refractivity contribution in [3.63, 3.8) is 0 Å². The molecule has 2 rings (SSSR count). The first kappa shape index (κ1) is 22.6. The van der Waals surface area contributed by atoms with Gasteiger partial charge in [-0.15, -0.1) is 0 Å². The van der Waals surface area contributed by atoms with E-state index < -0.39 is 35.8 Å². The Kier molecular flexibility index (Phi) is 7.94. The zero-order chi connectivity index (χ0) is 21.6. The molecule has 11 nitrogen and oxygen atoms in total. The van der Waals surface area contributed by atoms with Crippen LogP contribution in [-0.4, -0.2) is 57.3 Å². The van der Waals surface area contributed by atoms with E-state index in [2.05, 4.69) is 36.2 Å². The predicted octanol–water partition coefficient (Wildman–Crippen LogP) is 0.0321. The Labute approximate surface area is 174 Å². The highest BCUT2D eigenvalue weighted by atomic mass is 35.5. The molecule has 1 aromatic heterocycles. The van der Waals surface area contributed by atoms with Crippen LogP contribution in [-0.2, 0) is 14.4 Å². The summed E-state index contributed by atoms with van der Waals surface area (Å²) in [5, 5.41) is 11.2. The molecule has 160 valence electrons. The lowest BCUT2D eigenvalue weighted by molar-refractivity contribution is -0.132. The van der Waals surface area contributed by atoms with Crippen molar-refractivity contribution in [2.24, 2.45) is 11.7 Å². The number of fused-ring (bicyclic) bond motifs is 2. The maximum absolute atomic E-state index is 12.7. The Morgan fingerprint density at radius 3 is 2.41 bits per heavy atom. The summed E-state index contributed by atoms with van der Waals surface area (Å²) in [6, 6.07) is -2.40. The van der Waals surface area contributed by atoms with E-state index in [9.17, 15) is 14.4 Å². The third-order valence-corrected chi connectivity index (χ3v) is 4.63. The molecule has 1 aromatic rings. The monoisotopic (exact) mass is 426 g/mol. The van der Waals surface area contributed by atoms with Crippen LogP contribution in [0.3, 0.4) is 0 Å². The number of halogens is 1. The predicted molar refractivity (Wildman–Crippen MR) is 108 cm³/mol. The lowest BCUT2D eigenvalue weighted by Gasteiger charge is -2.26. The van der Waals surface area contributed by atoms with Gasteiger partial charge in [0.05, 0.1) is 0 Å². The summed E-state index contributed by atoms with van der Waals surface area (Å²) in [7, 11) is 0. The maximum atomic E-state index is 12.7. The first-order chi connectivity index (χ1) is 13.7. The fraction of sp³-hybridized carbons (Fsp3) is 0.647. The number of carbonyl (C=O) groups is 3. The fourth-order valence-corrected chi connectivity index (χ4v) is 2.95. The second kappa shape index (κ2) is 10.2. The minimum absolute atomic E-state index is 0.0213. The van der Waals surface area contributed by atoms with Crippen molar-refractivity contribution in [2.75, 3.05) is 17.2 Å². The van der Waals surface area contributed by atoms with Crippen molar-refractivity contribution in [3.05, 3.63) is 5.28 Å². The highest BCUT2D eigenvalue weighted by molar-refractivity contribution is 6.28. The van der Waals surface area contributed by atoms with Crippen LogP contribution < -0.4 is 27.0 Å². The molecule has 0 spiro atoms. The van der Waals surface area contributed by atoms with Crippen LogP contribution in [0.15, 0.2) is 0 Å². The van der Waals surface area contributed by atoms with Crippen LogP contribution in [0.4, 0.5) is 11.9 Å². The largest absolute Gasteiger partial charge is 0.368 e. The van der Waals surface area contributed by atoms with Crippen molar-refractivity contribution < 1.29 is 14.4 Å². The number of hydrogen-bond acceptors (Lipinski definition) is 8. The third kappa shape index (κ3) is 6.70. The summed E-state index contributed by atoms with van der Waals surface area (Å²) < 4.78 is 0. The van der Waals surface area contributed by atoms with E-state index in [0.29, 0.717) is 25.8 Å². The lowest BCUT2D eigenvalue weighted by atomic mass is 10.0. The van der Waals surface area contributed by atoms with Crippen LogP contribution in [0.5, 0.6) is 0 Å². The number of nitrogens with one attached hydrogen (secondary N) is 4. The SMILES string of the molecule is CC(C)[C@@H]1NC(=O)[C@H](C)Nc2nc(Cl)nc(n2)NCCCC[C@H](C(N)=O)NC1=O. The summed E-state index contributed by atoms with van der Waals surface area (Å²) in [6.45, 7) is 5.71. The first-order valence-electron chi connectivity index (χ1n) is 9.49. The Morgan fingerprint density at radius 2 is 1.76 bits per heavy atom. The minimum Gasteiger partial charge on any atom is -0.368 e. The Balaban J connectivity index is 2.28. The van der Waals surface area contributed by atoms with Gasteiger partial charge < -0.3 is 27.0 Å². The van der Waals surface area contributed by atoms with Crippen molar-refractivity contribution in [2.45, 2.75) is 58.2 Å². The van der Waals surface area contributed by atoms with Gasteiger partial charge in [-0.05, 0) is 43.7 Å². The molecular weight excluding hydrogens is 400 g/mol. The quantitative estimate of drug-likeness (QED) is 0.442. The summed E-state index contributed by atoms with van der Waals surface area (Å²) in [5.41, 5.74) is 5.43. The van der Waals surface area contributed by atoms with Gasteiger partial charge in [0.2, 0.25) is 34.9 Å². The molecule has 0 aliphatic carbocycles. The zero-order valence-electron chi connectivity index (χ0n) is 16.7. The van der Waals surface area contributed by atoms with E-state index in [1.807, 2.05) is 0 Å². The Hall–Kier alpha value is -2.69. The van der Waals surface area contributed by atoms with E-state index in [1.54, 1.807) is 20.8 Å². The molecule has 0 saturated carbocycles. The van der Waals surface area contributed by atoms with E-state index in [-0.39, 0.29) is 23.1 Å². The van der Waals surface area contributed by atoms with Gasteiger partial charge in [-0.1, -0.05) is 13.8 Å². The summed E-state index contributed by atoms with van der Waals surface area (Å²) in [6.07, 6.45) is 1.69. The topological polar surface area (TPSA) is 164 Å².